The third-order valence-corrected chi connectivity index (χ3v) is 5.18. The van der Waals surface area contributed by atoms with Crippen molar-refractivity contribution in [1.82, 2.24) is 15.1 Å². The van der Waals surface area contributed by atoms with E-state index in [1.54, 1.807) is 24.0 Å². The highest BCUT2D eigenvalue weighted by atomic mass is 19.1. The molecule has 2 aromatic carbocycles. The molecule has 31 heavy (non-hydrogen) atoms. The minimum atomic E-state index is -0.645. The molecular formula is C23H21FN4O3. The molecule has 1 fully saturated rings. The van der Waals surface area contributed by atoms with Gasteiger partial charge in [0.2, 0.25) is 11.3 Å². The Morgan fingerprint density at radius 3 is 2.55 bits per heavy atom. The number of halogens is 1. The Bertz CT molecular complexity index is 1200. The Kier molecular flexibility index (Phi) is 5.62. The maximum absolute atomic E-state index is 14.2. The molecule has 1 saturated heterocycles. The van der Waals surface area contributed by atoms with Crippen molar-refractivity contribution in [3.63, 3.8) is 0 Å². The zero-order chi connectivity index (χ0) is 22.0. The summed E-state index contributed by atoms with van der Waals surface area (Å²) in [5, 5.41) is 6.78. The number of carbonyl (C=O) groups excluding carboxylic acids is 2. The summed E-state index contributed by atoms with van der Waals surface area (Å²) < 4.78 is 15.4. The van der Waals surface area contributed by atoms with Gasteiger partial charge in [0.1, 0.15) is 11.5 Å². The Morgan fingerprint density at radius 1 is 1.13 bits per heavy atom. The van der Waals surface area contributed by atoms with Crippen LogP contribution in [0.5, 0.6) is 0 Å². The first-order chi connectivity index (χ1) is 14.9. The number of benzene rings is 2. The van der Waals surface area contributed by atoms with Crippen LogP contribution in [0, 0.1) is 12.7 Å². The van der Waals surface area contributed by atoms with Gasteiger partial charge in [0.25, 0.3) is 5.91 Å². The summed E-state index contributed by atoms with van der Waals surface area (Å²) in [6.45, 7) is 2.51. The maximum Gasteiger partial charge on any atom is 0.276 e. The number of hydrogen-bond acceptors (Lipinski definition) is 4. The van der Waals surface area contributed by atoms with Crippen molar-refractivity contribution in [2.45, 2.75) is 26.3 Å². The van der Waals surface area contributed by atoms with Crippen LogP contribution in [-0.4, -0.2) is 28.1 Å². The standard InChI is InChI=1S/C23H21FN4O3/c1-15-13-20(29)22(26-28(15)19-6-3-2-5-18(19)24)23(31)25-14-16-8-10-17(11-9-16)27-12-4-7-21(27)30/h2-3,5-6,8-11,13H,4,7,12,14H2,1H3,(H,25,31). The second kappa shape index (κ2) is 8.51. The second-order valence-corrected chi connectivity index (χ2v) is 7.36. The number of nitrogens with one attached hydrogen (secondary N) is 1. The van der Waals surface area contributed by atoms with Crippen molar-refractivity contribution in [2.24, 2.45) is 0 Å². The number of aryl methyl sites for hydroxylation is 1. The van der Waals surface area contributed by atoms with Gasteiger partial charge in [-0.25, -0.2) is 9.07 Å². The van der Waals surface area contributed by atoms with E-state index in [4.69, 9.17) is 0 Å². The molecule has 1 aliphatic rings. The zero-order valence-corrected chi connectivity index (χ0v) is 17.0. The smallest absolute Gasteiger partial charge is 0.276 e. The van der Waals surface area contributed by atoms with Gasteiger partial charge in [0.05, 0.1) is 0 Å². The summed E-state index contributed by atoms with van der Waals surface area (Å²) in [7, 11) is 0. The lowest BCUT2D eigenvalue weighted by atomic mass is 10.2. The first-order valence-corrected chi connectivity index (χ1v) is 9.97. The lowest BCUT2D eigenvalue weighted by Gasteiger charge is -2.16. The molecule has 0 unspecified atom stereocenters. The first-order valence-electron chi connectivity index (χ1n) is 9.97. The quantitative estimate of drug-likeness (QED) is 0.688. The van der Waals surface area contributed by atoms with E-state index >= 15 is 0 Å². The number of aromatic nitrogens is 2. The molecule has 0 saturated carbocycles. The Hall–Kier alpha value is -3.81. The molecule has 1 aliphatic heterocycles. The number of anilines is 1. The van der Waals surface area contributed by atoms with Gasteiger partial charge in [-0.15, -0.1) is 0 Å². The fourth-order valence-electron chi connectivity index (χ4n) is 3.55. The van der Waals surface area contributed by atoms with E-state index in [0.29, 0.717) is 18.7 Å². The molecule has 8 heteroatoms. The number of hydrogen-bond donors (Lipinski definition) is 1. The molecule has 1 aromatic heterocycles. The molecule has 7 nitrogen and oxygen atoms in total. The normalized spacial score (nSPS) is 13.5. The van der Waals surface area contributed by atoms with Crippen LogP contribution in [0.25, 0.3) is 5.69 Å². The first kappa shape index (κ1) is 20.5. The van der Waals surface area contributed by atoms with Crippen LogP contribution in [0.3, 0.4) is 0 Å². The van der Waals surface area contributed by atoms with Gasteiger partial charge in [0, 0.05) is 37.0 Å². The molecule has 1 N–H and O–H groups in total. The van der Waals surface area contributed by atoms with Crippen LogP contribution < -0.4 is 15.6 Å². The molecular weight excluding hydrogens is 399 g/mol. The van der Waals surface area contributed by atoms with Crippen LogP contribution in [0.4, 0.5) is 10.1 Å². The number of carbonyl (C=O) groups is 2. The molecule has 0 radical (unpaired) electrons. The maximum atomic E-state index is 14.2. The molecule has 2 heterocycles. The van der Waals surface area contributed by atoms with Gasteiger partial charge in [-0.05, 0) is 43.2 Å². The van der Waals surface area contributed by atoms with Gasteiger partial charge >= 0.3 is 0 Å². The Labute approximate surface area is 178 Å². The molecule has 2 amide bonds. The number of para-hydroxylation sites is 1. The average molecular weight is 420 g/mol. The Morgan fingerprint density at radius 2 is 1.87 bits per heavy atom. The molecule has 3 aromatic rings. The number of amides is 2. The monoisotopic (exact) mass is 420 g/mol. The fourth-order valence-corrected chi connectivity index (χ4v) is 3.55. The van der Waals surface area contributed by atoms with E-state index in [9.17, 15) is 18.8 Å². The van der Waals surface area contributed by atoms with Crippen molar-refractivity contribution in [3.8, 4) is 5.69 Å². The zero-order valence-electron chi connectivity index (χ0n) is 17.0. The Balaban J connectivity index is 1.50. The van der Waals surface area contributed by atoms with Gasteiger partial charge in [-0.3, -0.25) is 14.4 Å². The van der Waals surface area contributed by atoms with Crippen molar-refractivity contribution >= 4 is 17.5 Å². The number of rotatable bonds is 5. The summed E-state index contributed by atoms with van der Waals surface area (Å²) in [5.74, 6) is -1.05. The van der Waals surface area contributed by atoms with Crippen LogP contribution in [-0.2, 0) is 11.3 Å². The molecule has 4 rings (SSSR count). The van der Waals surface area contributed by atoms with Crippen molar-refractivity contribution in [2.75, 3.05) is 11.4 Å². The largest absolute Gasteiger partial charge is 0.346 e. The minimum Gasteiger partial charge on any atom is -0.346 e. The predicted molar refractivity (Wildman–Crippen MR) is 114 cm³/mol. The third kappa shape index (κ3) is 4.23. The van der Waals surface area contributed by atoms with E-state index in [-0.39, 0.29) is 23.8 Å². The van der Waals surface area contributed by atoms with E-state index in [1.807, 2.05) is 24.3 Å². The SMILES string of the molecule is Cc1cc(=O)c(C(=O)NCc2ccc(N3CCCC3=O)cc2)nn1-c1ccccc1F. The predicted octanol–water partition coefficient (Wildman–Crippen LogP) is 2.74. The topological polar surface area (TPSA) is 84.3 Å². The summed E-state index contributed by atoms with van der Waals surface area (Å²) in [6, 6.07) is 14.6. The van der Waals surface area contributed by atoms with Crippen molar-refractivity contribution in [1.29, 1.82) is 0 Å². The van der Waals surface area contributed by atoms with Gasteiger partial charge < -0.3 is 10.2 Å². The van der Waals surface area contributed by atoms with E-state index < -0.39 is 17.2 Å². The molecule has 0 atom stereocenters. The minimum absolute atomic E-state index is 0.109. The lowest BCUT2D eigenvalue weighted by Crippen LogP contribution is -2.31. The second-order valence-electron chi connectivity index (χ2n) is 7.36. The third-order valence-electron chi connectivity index (χ3n) is 5.18. The van der Waals surface area contributed by atoms with Gasteiger partial charge in [-0.2, -0.15) is 5.10 Å². The summed E-state index contributed by atoms with van der Waals surface area (Å²) in [4.78, 5) is 38.5. The summed E-state index contributed by atoms with van der Waals surface area (Å²) >= 11 is 0. The highest BCUT2D eigenvalue weighted by Crippen LogP contribution is 2.21. The highest BCUT2D eigenvalue weighted by molar-refractivity contribution is 5.95. The molecule has 158 valence electrons. The van der Waals surface area contributed by atoms with Gasteiger partial charge in [0.15, 0.2) is 5.69 Å². The molecule has 0 bridgehead atoms. The average Bonchev–Trinajstić information content (AvgIpc) is 3.19. The van der Waals surface area contributed by atoms with Gasteiger partial charge in [-0.1, -0.05) is 24.3 Å². The van der Waals surface area contributed by atoms with Crippen molar-refractivity contribution in [3.05, 3.63) is 87.6 Å². The molecule has 0 spiro atoms. The van der Waals surface area contributed by atoms with E-state index in [1.165, 1.54) is 22.9 Å². The van der Waals surface area contributed by atoms with Crippen LogP contribution in [0.15, 0.2) is 59.4 Å². The van der Waals surface area contributed by atoms with Crippen LogP contribution >= 0.6 is 0 Å². The summed E-state index contributed by atoms with van der Waals surface area (Å²) in [5.41, 5.74) is 1.36. The molecule has 0 aliphatic carbocycles. The van der Waals surface area contributed by atoms with Crippen LogP contribution in [0.2, 0.25) is 0 Å². The van der Waals surface area contributed by atoms with Crippen LogP contribution in [0.1, 0.15) is 34.6 Å². The highest BCUT2D eigenvalue weighted by Gasteiger charge is 2.21. The fraction of sp³-hybridized carbons (Fsp3) is 0.217. The summed E-state index contributed by atoms with van der Waals surface area (Å²) in [6.07, 6.45) is 1.41. The van der Waals surface area contributed by atoms with E-state index in [0.717, 1.165) is 17.7 Å². The van der Waals surface area contributed by atoms with E-state index in [2.05, 4.69) is 10.4 Å². The lowest BCUT2D eigenvalue weighted by molar-refractivity contribution is -0.117. The number of nitrogens with zero attached hydrogens (tertiary/aromatic N) is 3. The van der Waals surface area contributed by atoms with Crippen molar-refractivity contribution < 1.29 is 14.0 Å².